The van der Waals surface area contributed by atoms with E-state index in [-0.39, 0.29) is 24.1 Å². The SMILES string of the molecule is CC(CN1C[C@@H](CCCc2ccc(F)cc2)[C@@H](CO)C1)c1ccc(O)cn1. The number of likely N-dealkylation sites (tertiary alicyclic amines) is 1. The van der Waals surface area contributed by atoms with Gasteiger partial charge in [0.15, 0.2) is 0 Å². The molecule has 5 heteroatoms. The minimum Gasteiger partial charge on any atom is -0.506 e. The highest BCUT2D eigenvalue weighted by molar-refractivity contribution is 5.20. The molecular formula is C22H29FN2O2. The molecule has 3 atom stereocenters. The molecule has 2 aromatic rings. The average molecular weight is 372 g/mol. The molecule has 2 heterocycles. The van der Waals surface area contributed by atoms with Crippen molar-refractivity contribution in [3.8, 4) is 5.75 Å². The Bertz CT molecular complexity index is 705. The number of halogens is 1. The van der Waals surface area contributed by atoms with Crippen LogP contribution in [0.2, 0.25) is 0 Å². The van der Waals surface area contributed by atoms with Crippen LogP contribution in [0, 0.1) is 17.7 Å². The van der Waals surface area contributed by atoms with E-state index >= 15 is 0 Å². The van der Waals surface area contributed by atoms with Gasteiger partial charge in [-0.1, -0.05) is 19.1 Å². The Morgan fingerprint density at radius 3 is 2.56 bits per heavy atom. The molecule has 0 radical (unpaired) electrons. The van der Waals surface area contributed by atoms with E-state index in [1.807, 2.05) is 18.2 Å². The summed E-state index contributed by atoms with van der Waals surface area (Å²) < 4.78 is 13.0. The summed E-state index contributed by atoms with van der Waals surface area (Å²) in [5.41, 5.74) is 2.15. The van der Waals surface area contributed by atoms with E-state index in [0.717, 1.165) is 44.6 Å². The molecular weight excluding hydrogens is 343 g/mol. The van der Waals surface area contributed by atoms with E-state index in [2.05, 4.69) is 16.8 Å². The first-order chi connectivity index (χ1) is 13.0. The van der Waals surface area contributed by atoms with Crippen LogP contribution in [0.15, 0.2) is 42.6 Å². The number of aromatic nitrogens is 1. The van der Waals surface area contributed by atoms with Crippen molar-refractivity contribution >= 4 is 0 Å². The van der Waals surface area contributed by atoms with Gasteiger partial charge in [-0.05, 0) is 60.9 Å². The van der Waals surface area contributed by atoms with Gasteiger partial charge in [0.2, 0.25) is 0 Å². The smallest absolute Gasteiger partial charge is 0.133 e. The first-order valence-electron chi connectivity index (χ1n) is 9.77. The van der Waals surface area contributed by atoms with Gasteiger partial charge < -0.3 is 15.1 Å². The van der Waals surface area contributed by atoms with Crippen LogP contribution >= 0.6 is 0 Å². The molecule has 1 aromatic carbocycles. The van der Waals surface area contributed by atoms with Gasteiger partial charge in [-0.3, -0.25) is 4.98 Å². The summed E-state index contributed by atoms with van der Waals surface area (Å²) in [4.78, 5) is 6.73. The number of aliphatic hydroxyl groups excluding tert-OH is 1. The Morgan fingerprint density at radius 1 is 1.15 bits per heavy atom. The molecule has 0 saturated carbocycles. The Kier molecular flexibility index (Phi) is 6.80. The number of benzene rings is 1. The molecule has 1 saturated heterocycles. The van der Waals surface area contributed by atoms with Gasteiger partial charge in [0.05, 0.1) is 6.20 Å². The molecule has 0 amide bonds. The maximum absolute atomic E-state index is 13.0. The van der Waals surface area contributed by atoms with E-state index in [1.165, 1.54) is 23.9 Å². The van der Waals surface area contributed by atoms with Gasteiger partial charge >= 0.3 is 0 Å². The molecule has 146 valence electrons. The maximum Gasteiger partial charge on any atom is 0.133 e. The summed E-state index contributed by atoms with van der Waals surface area (Å²) in [6.45, 7) is 5.19. The van der Waals surface area contributed by atoms with Crippen molar-refractivity contribution in [2.75, 3.05) is 26.2 Å². The van der Waals surface area contributed by atoms with Crippen molar-refractivity contribution in [3.05, 3.63) is 59.7 Å². The number of nitrogens with zero attached hydrogens (tertiary/aromatic N) is 2. The third kappa shape index (κ3) is 5.50. The predicted octanol–water partition coefficient (Wildman–Crippen LogP) is 3.59. The molecule has 1 aliphatic heterocycles. The van der Waals surface area contributed by atoms with Crippen molar-refractivity contribution < 1.29 is 14.6 Å². The van der Waals surface area contributed by atoms with Crippen molar-refractivity contribution in [2.45, 2.75) is 32.1 Å². The van der Waals surface area contributed by atoms with Crippen molar-refractivity contribution in [1.29, 1.82) is 0 Å². The van der Waals surface area contributed by atoms with Crippen molar-refractivity contribution in [1.82, 2.24) is 9.88 Å². The fourth-order valence-electron chi connectivity index (χ4n) is 4.11. The van der Waals surface area contributed by atoms with E-state index in [9.17, 15) is 14.6 Å². The summed E-state index contributed by atoms with van der Waals surface area (Å²) in [6, 6.07) is 10.3. The number of hydrogen-bond donors (Lipinski definition) is 2. The summed E-state index contributed by atoms with van der Waals surface area (Å²) in [5.74, 6) is 1.09. The average Bonchev–Trinajstić information content (AvgIpc) is 3.05. The lowest BCUT2D eigenvalue weighted by Crippen LogP contribution is -2.26. The number of hydrogen-bond acceptors (Lipinski definition) is 4. The second-order valence-corrected chi connectivity index (χ2v) is 7.78. The number of rotatable bonds is 8. The highest BCUT2D eigenvalue weighted by Crippen LogP contribution is 2.29. The van der Waals surface area contributed by atoms with Crippen LogP contribution < -0.4 is 0 Å². The van der Waals surface area contributed by atoms with Crippen LogP contribution in [-0.2, 0) is 6.42 Å². The normalized spacial score (nSPS) is 21.4. The fraction of sp³-hybridized carbons (Fsp3) is 0.500. The van der Waals surface area contributed by atoms with Gasteiger partial charge in [0.1, 0.15) is 11.6 Å². The van der Waals surface area contributed by atoms with E-state index < -0.39 is 0 Å². The Morgan fingerprint density at radius 2 is 1.89 bits per heavy atom. The molecule has 1 unspecified atom stereocenters. The standard InChI is InChI=1S/C22H29FN2O2/c1-16(22-10-9-21(27)11-24-22)12-25-13-18(19(14-25)15-26)4-2-3-17-5-7-20(23)8-6-17/h5-11,16,18-19,26-27H,2-4,12-15H2,1H3/t16?,18-,19-/m1/s1. The number of aromatic hydroxyl groups is 1. The second kappa shape index (κ2) is 9.29. The molecule has 1 fully saturated rings. The van der Waals surface area contributed by atoms with Crippen LogP contribution in [0.25, 0.3) is 0 Å². The van der Waals surface area contributed by atoms with Crippen molar-refractivity contribution in [3.63, 3.8) is 0 Å². The van der Waals surface area contributed by atoms with E-state index in [1.54, 1.807) is 6.07 Å². The van der Waals surface area contributed by atoms with Crippen LogP contribution in [0.1, 0.15) is 36.9 Å². The molecule has 4 nitrogen and oxygen atoms in total. The number of aliphatic hydroxyl groups is 1. The third-order valence-electron chi connectivity index (χ3n) is 5.65. The number of aryl methyl sites for hydroxylation is 1. The minimum atomic E-state index is -0.192. The first-order valence-corrected chi connectivity index (χ1v) is 9.77. The van der Waals surface area contributed by atoms with Crippen molar-refractivity contribution in [2.24, 2.45) is 11.8 Å². The van der Waals surface area contributed by atoms with Crippen LogP contribution in [0.4, 0.5) is 4.39 Å². The highest BCUT2D eigenvalue weighted by atomic mass is 19.1. The zero-order valence-corrected chi connectivity index (χ0v) is 15.9. The van der Waals surface area contributed by atoms with Gasteiger partial charge in [0, 0.05) is 37.9 Å². The molecule has 1 aromatic heterocycles. The lowest BCUT2D eigenvalue weighted by atomic mass is 9.91. The maximum atomic E-state index is 13.0. The summed E-state index contributed by atoms with van der Waals surface area (Å²) in [7, 11) is 0. The monoisotopic (exact) mass is 372 g/mol. The molecule has 1 aliphatic rings. The fourth-order valence-corrected chi connectivity index (χ4v) is 4.11. The van der Waals surface area contributed by atoms with Gasteiger partial charge in [0.25, 0.3) is 0 Å². The lowest BCUT2D eigenvalue weighted by Gasteiger charge is -2.20. The Labute approximate surface area is 160 Å². The summed E-state index contributed by atoms with van der Waals surface area (Å²) in [6.07, 6.45) is 4.56. The minimum absolute atomic E-state index is 0.189. The Hall–Kier alpha value is -1.98. The van der Waals surface area contributed by atoms with Gasteiger partial charge in [-0.25, -0.2) is 4.39 Å². The highest BCUT2D eigenvalue weighted by Gasteiger charge is 2.32. The molecule has 0 bridgehead atoms. The van der Waals surface area contributed by atoms with Gasteiger partial charge in [-0.2, -0.15) is 0 Å². The predicted molar refractivity (Wildman–Crippen MR) is 104 cm³/mol. The summed E-state index contributed by atoms with van der Waals surface area (Å²) >= 11 is 0. The first kappa shape index (κ1) is 19.8. The zero-order valence-electron chi connectivity index (χ0n) is 15.9. The van der Waals surface area contributed by atoms with E-state index in [4.69, 9.17) is 0 Å². The van der Waals surface area contributed by atoms with Crippen LogP contribution in [0.3, 0.4) is 0 Å². The zero-order chi connectivity index (χ0) is 19.2. The topological polar surface area (TPSA) is 56.6 Å². The van der Waals surface area contributed by atoms with Gasteiger partial charge in [-0.15, -0.1) is 0 Å². The number of pyridine rings is 1. The quantitative estimate of drug-likeness (QED) is 0.743. The molecule has 0 spiro atoms. The van der Waals surface area contributed by atoms with E-state index in [0.29, 0.717) is 11.8 Å². The molecule has 2 N–H and O–H groups in total. The lowest BCUT2D eigenvalue weighted by molar-refractivity contribution is 0.195. The van der Waals surface area contributed by atoms with Crippen LogP contribution in [-0.4, -0.2) is 46.3 Å². The summed E-state index contributed by atoms with van der Waals surface area (Å²) in [5, 5.41) is 19.2. The Balaban J connectivity index is 1.48. The van der Waals surface area contributed by atoms with Crippen LogP contribution in [0.5, 0.6) is 5.75 Å². The largest absolute Gasteiger partial charge is 0.506 e. The molecule has 3 rings (SSSR count). The molecule has 0 aliphatic carbocycles. The third-order valence-corrected chi connectivity index (χ3v) is 5.65. The molecule has 27 heavy (non-hydrogen) atoms. The second-order valence-electron chi connectivity index (χ2n) is 7.78.